The Balaban J connectivity index is 3.52. The predicted octanol–water partition coefficient (Wildman–Crippen LogP) is 1.15. The van der Waals surface area contributed by atoms with Crippen molar-refractivity contribution in [1.82, 2.24) is 0 Å². The van der Waals surface area contributed by atoms with Crippen LogP contribution < -0.4 is 9.88 Å². The van der Waals surface area contributed by atoms with E-state index in [0.717, 1.165) is 6.92 Å². The number of halogens is 2. The molecule has 0 aliphatic carbocycles. The highest BCUT2D eigenvalue weighted by Crippen LogP contribution is 2.30. The highest BCUT2D eigenvalue weighted by Gasteiger charge is 2.23. The summed E-state index contributed by atoms with van der Waals surface area (Å²) in [5.41, 5.74) is -0.915. The molecule has 10 heteroatoms. The summed E-state index contributed by atoms with van der Waals surface area (Å²) < 4.78 is 50.3. The van der Waals surface area contributed by atoms with Crippen LogP contribution in [0.1, 0.15) is 5.56 Å². The quantitative estimate of drug-likeness (QED) is 0.657. The number of benzene rings is 1. The molecule has 0 heterocycles. The van der Waals surface area contributed by atoms with Gasteiger partial charge in [0.1, 0.15) is 5.75 Å². The number of sulfonamides is 1. The number of alkyl halides is 2. The van der Waals surface area contributed by atoms with Crippen LogP contribution in [0.15, 0.2) is 17.0 Å². The summed E-state index contributed by atoms with van der Waals surface area (Å²) in [5, 5.41) is 15.5. The van der Waals surface area contributed by atoms with Gasteiger partial charge in [-0.3, -0.25) is 10.1 Å². The molecule has 0 spiro atoms. The number of nitrogens with zero attached hydrogens (tertiary/aromatic N) is 1. The normalized spacial score (nSPS) is 11.6. The van der Waals surface area contributed by atoms with Crippen molar-refractivity contribution in [2.45, 2.75) is 18.4 Å². The van der Waals surface area contributed by atoms with E-state index in [-0.39, 0.29) is 5.56 Å². The Hall–Kier alpha value is -1.81. The fourth-order valence-corrected chi connectivity index (χ4v) is 2.12. The molecule has 0 saturated heterocycles. The van der Waals surface area contributed by atoms with Gasteiger partial charge >= 0.3 is 6.61 Å². The van der Waals surface area contributed by atoms with Gasteiger partial charge < -0.3 is 4.74 Å². The highest BCUT2D eigenvalue weighted by atomic mass is 32.2. The molecule has 1 aromatic carbocycles. The number of hydrogen-bond acceptors (Lipinski definition) is 5. The molecule has 0 aliphatic rings. The molecule has 0 aromatic heterocycles. The van der Waals surface area contributed by atoms with Gasteiger partial charge in [-0.2, -0.15) is 8.78 Å². The lowest BCUT2D eigenvalue weighted by Gasteiger charge is -2.09. The molecule has 0 radical (unpaired) electrons. The van der Waals surface area contributed by atoms with Crippen molar-refractivity contribution < 1.29 is 26.9 Å². The summed E-state index contributed by atoms with van der Waals surface area (Å²) in [6, 6.07) is 1.42. The minimum absolute atomic E-state index is 0.246. The minimum atomic E-state index is -4.28. The summed E-state index contributed by atoms with van der Waals surface area (Å²) >= 11 is 0. The Morgan fingerprint density at radius 1 is 1.44 bits per heavy atom. The second-order valence-electron chi connectivity index (χ2n) is 3.25. The van der Waals surface area contributed by atoms with Crippen molar-refractivity contribution in [2.75, 3.05) is 0 Å². The monoisotopic (exact) mass is 282 g/mol. The molecule has 0 unspecified atom stereocenters. The molecule has 0 fully saturated rings. The molecular weight excluding hydrogens is 274 g/mol. The van der Waals surface area contributed by atoms with Crippen LogP contribution in [0, 0.1) is 17.0 Å². The third-order valence-corrected chi connectivity index (χ3v) is 3.07. The second kappa shape index (κ2) is 4.82. The average molecular weight is 282 g/mol. The minimum Gasteiger partial charge on any atom is -0.435 e. The lowest BCUT2D eigenvalue weighted by Crippen LogP contribution is -2.15. The molecule has 1 rings (SSSR count). The zero-order valence-electron chi connectivity index (χ0n) is 8.96. The van der Waals surface area contributed by atoms with Gasteiger partial charge in [0, 0.05) is 11.6 Å². The molecule has 0 atom stereocenters. The molecule has 1 aromatic rings. The number of rotatable bonds is 4. The van der Waals surface area contributed by atoms with Crippen LogP contribution >= 0.6 is 0 Å². The third kappa shape index (κ3) is 3.11. The maximum Gasteiger partial charge on any atom is 0.387 e. The van der Waals surface area contributed by atoms with Crippen molar-refractivity contribution in [1.29, 1.82) is 0 Å². The topological polar surface area (TPSA) is 113 Å². The van der Waals surface area contributed by atoms with Gasteiger partial charge in [-0.15, -0.1) is 0 Å². The van der Waals surface area contributed by atoms with E-state index in [2.05, 4.69) is 4.74 Å². The van der Waals surface area contributed by atoms with E-state index in [4.69, 9.17) is 5.14 Å². The fraction of sp³-hybridized carbons (Fsp3) is 0.250. The van der Waals surface area contributed by atoms with Gasteiger partial charge in [-0.25, -0.2) is 13.6 Å². The summed E-state index contributed by atoms with van der Waals surface area (Å²) in [4.78, 5) is 9.12. The van der Waals surface area contributed by atoms with Crippen molar-refractivity contribution in [3.63, 3.8) is 0 Å². The first-order chi connectivity index (χ1) is 8.12. The molecule has 7 nitrogen and oxygen atoms in total. The Kier molecular flexibility index (Phi) is 3.82. The summed E-state index contributed by atoms with van der Waals surface area (Å²) in [6.07, 6.45) is 0. The lowest BCUT2D eigenvalue weighted by atomic mass is 10.2. The van der Waals surface area contributed by atoms with E-state index in [1.165, 1.54) is 0 Å². The standard InChI is InChI=1S/C8H8F2N2O5S/c1-4-6(12(13)14)2-5(17-8(9)10)3-7(4)18(11,15)16/h2-3,8H,1H3,(H2,11,15,16). The van der Waals surface area contributed by atoms with Gasteiger partial charge in [-0.1, -0.05) is 0 Å². The number of nitrogens with two attached hydrogens (primary N) is 1. The smallest absolute Gasteiger partial charge is 0.387 e. The first kappa shape index (κ1) is 14.3. The largest absolute Gasteiger partial charge is 0.435 e. The SMILES string of the molecule is Cc1c([N+](=O)[O-])cc(OC(F)F)cc1S(N)(=O)=O. The number of nitro groups is 1. The molecular formula is C8H8F2N2O5S. The number of hydrogen-bond donors (Lipinski definition) is 1. The van der Waals surface area contributed by atoms with E-state index in [9.17, 15) is 27.3 Å². The Labute approximate surface area is 100 Å². The first-order valence-corrected chi connectivity index (χ1v) is 5.94. The van der Waals surface area contributed by atoms with Gasteiger partial charge in [0.25, 0.3) is 5.69 Å². The first-order valence-electron chi connectivity index (χ1n) is 4.39. The summed E-state index contributed by atoms with van der Waals surface area (Å²) in [5.74, 6) is -0.647. The second-order valence-corrected chi connectivity index (χ2v) is 4.78. The maximum atomic E-state index is 12.0. The molecule has 100 valence electrons. The molecule has 2 N–H and O–H groups in total. The Morgan fingerprint density at radius 2 is 2.00 bits per heavy atom. The van der Waals surface area contributed by atoms with Gasteiger partial charge in [0.2, 0.25) is 10.0 Å². The van der Waals surface area contributed by atoms with Crippen molar-refractivity contribution in [3.05, 3.63) is 27.8 Å². The summed E-state index contributed by atoms with van der Waals surface area (Å²) in [6.45, 7) is -2.09. The van der Waals surface area contributed by atoms with E-state index in [0.29, 0.717) is 12.1 Å². The van der Waals surface area contributed by atoms with E-state index in [1.54, 1.807) is 0 Å². The molecule has 0 saturated carbocycles. The predicted molar refractivity (Wildman–Crippen MR) is 55.8 cm³/mol. The lowest BCUT2D eigenvalue weighted by molar-refractivity contribution is -0.385. The third-order valence-electron chi connectivity index (χ3n) is 2.03. The van der Waals surface area contributed by atoms with Gasteiger partial charge in [0.05, 0.1) is 15.9 Å². The van der Waals surface area contributed by atoms with Crippen molar-refractivity contribution in [3.8, 4) is 5.75 Å². The van der Waals surface area contributed by atoms with Crippen LogP contribution in [0.3, 0.4) is 0 Å². The van der Waals surface area contributed by atoms with Crippen LogP contribution in [0.5, 0.6) is 5.75 Å². The number of ether oxygens (including phenoxy) is 1. The van der Waals surface area contributed by atoms with Crippen LogP contribution in [-0.4, -0.2) is 20.0 Å². The van der Waals surface area contributed by atoms with E-state index in [1.807, 2.05) is 0 Å². The zero-order chi connectivity index (χ0) is 14.1. The highest BCUT2D eigenvalue weighted by molar-refractivity contribution is 7.89. The van der Waals surface area contributed by atoms with Crippen molar-refractivity contribution in [2.24, 2.45) is 5.14 Å². The van der Waals surface area contributed by atoms with Crippen LogP contribution in [0.25, 0.3) is 0 Å². The molecule has 0 amide bonds. The Morgan fingerprint density at radius 3 is 2.39 bits per heavy atom. The maximum absolute atomic E-state index is 12.0. The molecule has 18 heavy (non-hydrogen) atoms. The number of nitro benzene ring substituents is 1. The number of primary sulfonamides is 1. The molecule has 0 bridgehead atoms. The van der Waals surface area contributed by atoms with Gasteiger partial charge in [0.15, 0.2) is 0 Å². The van der Waals surface area contributed by atoms with Gasteiger partial charge in [-0.05, 0) is 6.92 Å². The summed E-state index contributed by atoms with van der Waals surface area (Å²) in [7, 11) is -4.28. The average Bonchev–Trinajstić information content (AvgIpc) is 2.17. The van der Waals surface area contributed by atoms with Crippen LogP contribution in [-0.2, 0) is 10.0 Å². The van der Waals surface area contributed by atoms with Crippen LogP contribution in [0.4, 0.5) is 14.5 Å². The van der Waals surface area contributed by atoms with Crippen molar-refractivity contribution >= 4 is 15.7 Å². The zero-order valence-corrected chi connectivity index (χ0v) is 9.78. The molecule has 0 aliphatic heterocycles. The van der Waals surface area contributed by atoms with E-state index >= 15 is 0 Å². The van der Waals surface area contributed by atoms with Crippen LogP contribution in [0.2, 0.25) is 0 Å². The van der Waals surface area contributed by atoms with E-state index < -0.39 is 37.9 Å². The Bertz CT molecular complexity index is 587. The fourth-order valence-electron chi connectivity index (χ4n) is 1.30.